The van der Waals surface area contributed by atoms with Crippen molar-refractivity contribution in [1.29, 1.82) is 0 Å². The van der Waals surface area contributed by atoms with Crippen LogP contribution in [0.25, 0.3) is 0 Å². The summed E-state index contributed by atoms with van der Waals surface area (Å²) in [4.78, 5) is 0. The molecule has 0 saturated heterocycles. The van der Waals surface area contributed by atoms with E-state index < -0.39 is 0 Å². The van der Waals surface area contributed by atoms with Crippen LogP contribution in [0.1, 0.15) is 17.9 Å². The van der Waals surface area contributed by atoms with Gasteiger partial charge in [0.15, 0.2) is 0 Å². The first kappa shape index (κ1) is 9.04. The summed E-state index contributed by atoms with van der Waals surface area (Å²) in [6, 6.07) is 8.24. The zero-order chi connectivity index (χ0) is 9.26. The molecule has 0 aliphatic heterocycles. The summed E-state index contributed by atoms with van der Waals surface area (Å²) in [5, 5.41) is 4.04. The molecule has 1 N–H and O–H groups in total. The van der Waals surface area contributed by atoms with E-state index in [9.17, 15) is 0 Å². The van der Waals surface area contributed by atoms with Crippen LogP contribution in [0.15, 0.2) is 24.3 Å². The molecule has 70 valence electrons. The van der Waals surface area contributed by atoms with E-state index in [-0.39, 0.29) is 0 Å². The van der Waals surface area contributed by atoms with Gasteiger partial charge in [-0.3, -0.25) is 0 Å². The first-order chi connectivity index (χ1) is 6.31. The van der Waals surface area contributed by atoms with Crippen molar-refractivity contribution in [2.45, 2.75) is 12.3 Å². The molecule has 1 aliphatic rings. The average molecular weight is 196 g/mol. The molecule has 2 atom stereocenters. The Kier molecular flexibility index (Phi) is 2.56. The Hall–Kier alpha value is -0.530. The van der Waals surface area contributed by atoms with E-state index in [1.165, 1.54) is 12.0 Å². The van der Waals surface area contributed by atoms with Crippen LogP contribution in [0.5, 0.6) is 0 Å². The molecule has 1 nitrogen and oxygen atoms in total. The Balaban J connectivity index is 2.00. The fourth-order valence-electron chi connectivity index (χ4n) is 1.85. The van der Waals surface area contributed by atoms with E-state index >= 15 is 0 Å². The molecule has 2 heteroatoms. The van der Waals surface area contributed by atoms with Gasteiger partial charge in [0, 0.05) is 5.02 Å². The van der Waals surface area contributed by atoms with E-state index in [2.05, 4.69) is 17.4 Å². The van der Waals surface area contributed by atoms with Crippen LogP contribution in [0.4, 0.5) is 0 Å². The van der Waals surface area contributed by atoms with Gasteiger partial charge in [-0.05, 0) is 49.5 Å². The van der Waals surface area contributed by atoms with Crippen LogP contribution >= 0.6 is 11.6 Å². The minimum absolute atomic E-state index is 0.768. The standard InChI is InChI=1S/C11H14ClN/c1-13-7-9-6-11(9)8-2-4-10(12)5-3-8/h2-5,9,11,13H,6-7H2,1H3/t9-,11+/m1/s1. The van der Waals surface area contributed by atoms with E-state index in [1.807, 2.05) is 19.2 Å². The van der Waals surface area contributed by atoms with Crippen molar-refractivity contribution in [3.63, 3.8) is 0 Å². The Morgan fingerprint density at radius 3 is 2.69 bits per heavy atom. The minimum atomic E-state index is 0.768. The fourth-order valence-corrected chi connectivity index (χ4v) is 1.98. The predicted molar refractivity (Wildman–Crippen MR) is 56.2 cm³/mol. The molecule has 0 heterocycles. The molecule has 0 radical (unpaired) electrons. The number of nitrogens with one attached hydrogen (secondary N) is 1. The third-order valence-electron chi connectivity index (χ3n) is 2.69. The number of benzene rings is 1. The normalized spacial score (nSPS) is 26.0. The summed E-state index contributed by atoms with van der Waals surface area (Å²) in [7, 11) is 2.01. The number of hydrogen-bond acceptors (Lipinski definition) is 1. The molecule has 1 aliphatic carbocycles. The Morgan fingerprint density at radius 1 is 1.38 bits per heavy atom. The summed E-state index contributed by atoms with van der Waals surface area (Å²) in [6.07, 6.45) is 1.32. The summed E-state index contributed by atoms with van der Waals surface area (Å²) < 4.78 is 0. The first-order valence-electron chi connectivity index (χ1n) is 4.71. The molecule has 1 aromatic rings. The van der Waals surface area contributed by atoms with Gasteiger partial charge in [0.1, 0.15) is 0 Å². The summed E-state index contributed by atoms with van der Waals surface area (Å²) >= 11 is 5.82. The smallest absolute Gasteiger partial charge is 0.0406 e. The number of hydrogen-bond donors (Lipinski definition) is 1. The van der Waals surface area contributed by atoms with Crippen molar-refractivity contribution in [2.75, 3.05) is 13.6 Å². The lowest BCUT2D eigenvalue weighted by atomic mass is 10.1. The van der Waals surface area contributed by atoms with Crippen LogP contribution in [-0.2, 0) is 0 Å². The van der Waals surface area contributed by atoms with Gasteiger partial charge >= 0.3 is 0 Å². The highest BCUT2D eigenvalue weighted by molar-refractivity contribution is 6.30. The lowest BCUT2D eigenvalue weighted by Crippen LogP contribution is -2.10. The van der Waals surface area contributed by atoms with Crippen LogP contribution in [0.3, 0.4) is 0 Å². The van der Waals surface area contributed by atoms with Gasteiger partial charge in [0.05, 0.1) is 0 Å². The highest BCUT2D eigenvalue weighted by atomic mass is 35.5. The summed E-state index contributed by atoms with van der Waals surface area (Å²) in [5.41, 5.74) is 1.43. The largest absolute Gasteiger partial charge is 0.319 e. The second-order valence-electron chi connectivity index (χ2n) is 3.71. The Morgan fingerprint density at radius 2 is 2.08 bits per heavy atom. The first-order valence-corrected chi connectivity index (χ1v) is 5.09. The highest BCUT2D eigenvalue weighted by Crippen LogP contribution is 2.46. The quantitative estimate of drug-likeness (QED) is 0.782. The maximum Gasteiger partial charge on any atom is 0.0406 e. The molecule has 1 aromatic carbocycles. The van der Waals surface area contributed by atoms with Gasteiger partial charge in [-0.1, -0.05) is 23.7 Å². The van der Waals surface area contributed by atoms with Gasteiger partial charge in [-0.25, -0.2) is 0 Å². The highest BCUT2D eigenvalue weighted by Gasteiger charge is 2.37. The van der Waals surface area contributed by atoms with E-state index in [0.29, 0.717) is 0 Å². The molecule has 1 fully saturated rings. The molecule has 0 amide bonds. The Labute approximate surface area is 84.1 Å². The van der Waals surface area contributed by atoms with Crippen molar-refractivity contribution in [1.82, 2.24) is 5.32 Å². The van der Waals surface area contributed by atoms with E-state index in [4.69, 9.17) is 11.6 Å². The lowest BCUT2D eigenvalue weighted by Gasteiger charge is -1.99. The van der Waals surface area contributed by atoms with Crippen LogP contribution in [0.2, 0.25) is 5.02 Å². The van der Waals surface area contributed by atoms with Gasteiger partial charge < -0.3 is 5.32 Å². The lowest BCUT2D eigenvalue weighted by molar-refractivity contribution is 0.698. The second kappa shape index (κ2) is 3.69. The molecule has 2 rings (SSSR count). The zero-order valence-electron chi connectivity index (χ0n) is 7.76. The maximum atomic E-state index is 5.82. The molecule has 1 saturated carbocycles. The third-order valence-corrected chi connectivity index (χ3v) is 2.94. The van der Waals surface area contributed by atoms with Crippen molar-refractivity contribution in [3.05, 3.63) is 34.9 Å². The topological polar surface area (TPSA) is 12.0 Å². The molecular formula is C11H14ClN. The molecule has 0 bridgehead atoms. The van der Waals surface area contributed by atoms with E-state index in [0.717, 1.165) is 23.4 Å². The van der Waals surface area contributed by atoms with E-state index in [1.54, 1.807) is 0 Å². The molecule has 0 spiro atoms. The summed E-state index contributed by atoms with van der Waals surface area (Å²) in [5.74, 6) is 1.61. The van der Waals surface area contributed by atoms with Crippen LogP contribution in [-0.4, -0.2) is 13.6 Å². The maximum absolute atomic E-state index is 5.82. The second-order valence-corrected chi connectivity index (χ2v) is 4.15. The molecular weight excluding hydrogens is 182 g/mol. The predicted octanol–water partition coefficient (Wildman–Crippen LogP) is 2.66. The minimum Gasteiger partial charge on any atom is -0.319 e. The van der Waals surface area contributed by atoms with Crippen molar-refractivity contribution < 1.29 is 0 Å². The van der Waals surface area contributed by atoms with Gasteiger partial charge in [-0.15, -0.1) is 0 Å². The average Bonchev–Trinajstić information content (AvgIpc) is 2.86. The van der Waals surface area contributed by atoms with Crippen molar-refractivity contribution in [3.8, 4) is 0 Å². The Bertz CT molecular complexity index is 281. The van der Waals surface area contributed by atoms with Gasteiger partial charge in [0.2, 0.25) is 0 Å². The SMILES string of the molecule is CNC[C@H]1C[C@H]1c1ccc(Cl)cc1. The number of rotatable bonds is 3. The molecule has 0 unspecified atom stereocenters. The fraction of sp³-hybridized carbons (Fsp3) is 0.455. The number of halogens is 1. The van der Waals surface area contributed by atoms with Gasteiger partial charge in [0.25, 0.3) is 0 Å². The molecule has 13 heavy (non-hydrogen) atoms. The zero-order valence-corrected chi connectivity index (χ0v) is 8.51. The molecule has 0 aromatic heterocycles. The van der Waals surface area contributed by atoms with Crippen molar-refractivity contribution >= 4 is 11.6 Å². The summed E-state index contributed by atoms with van der Waals surface area (Å²) in [6.45, 7) is 1.13. The van der Waals surface area contributed by atoms with Crippen molar-refractivity contribution in [2.24, 2.45) is 5.92 Å². The van der Waals surface area contributed by atoms with Crippen LogP contribution in [0, 0.1) is 5.92 Å². The third kappa shape index (κ3) is 2.04. The van der Waals surface area contributed by atoms with Gasteiger partial charge in [-0.2, -0.15) is 0 Å². The van der Waals surface area contributed by atoms with Crippen LogP contribution < -0.4 is 5.32 Å². The monoisotopic (exact) mass is 195 g/mol.